The minimum Gasteiger partial charge on any atom is -0.311 e. The molecule has 1 aromatic rings. The monoisotopic (exact) mass is 262 g/mol. The summed E-state index contributed by atoms with van der Waals surface area (Å²) < 4.78 is 0. The lowest BCUT2D eigenvalue weighted by molar-refractivity contribution is -0.384. The van der Waals surface area contributed by atoms with E-state index in [0.29, 0.717) is 12.2 Å². The van der Waals surface area contributed by atoms with Crippen LogP contribution in [0.1, 0.15) is 32.8 Å². The lowest BCUT2D eigenvalue weighted by Gasteiger charge is -2.33. The Morgan fingerprint density at radius 1 is 1.37 bits per heavy atom. The van der Waals surface area contributed by atoms with Gasteiger partial charge in [0.2, 0.25) is 5.91 Å². The van der Waals surface area contributed by atoms with E-state index in [4.69, 9.17) is 0 Å². The van der Waals surface area contributed by atoms with Crippen molar-refractivity contribution < 1.29 is 9.72 Å². The van der Waals surface area contributed by atoms with E-state index in [-0.39, 0.29) is 11.6 Å². The van der Waals surface area contributed by atoms with Crippen LogP contribution in [0.25, 0.3) is 0 Å². The van der Waals surface area contributed by atoms with Gasteiger partial charge in [-0.15, -0.1) is 0 Å². The molecule has 1 aliphatic heterocycles. The quantitative estimate of drug-likeness (QED) is 0.577. The Labute approximate surface area is 112 Å². The van der Waals surface area contributed by atoms with Gasteiger partial charge in [0.1, 0.15) is 0 Å². The molecule has 2 rings (SSSR count). The molecular formula is C14H18N2O3. The second kappa shape index (κ2) is 4.64. The van der Waals surface area contributed by atoms with Crippen molar-refractivity contribution in [3.63, 3.8) is 0 Å². The number of benzene rings is 1. The summed E-state index contributed by atoms with van der Waals surface area (Å²) in [6.45, 7) is 6.22. The number of nitrogens with zero attached hydrogens (tertiary/aromatic N) is 2. The molecule has 0 spiro atoms. The van der Waals surface area contributed by atoms with Crippen LogP contribution in [0.15, 0.2) is 18.2 Å². The number of carbonyl (C=O) groups excluding carboxylic acids is 1. The van der Waals surface area contributed by atoms with Gasteiger partial charge in [-0.1, -0.05) is 26.8 Å². The summed E-state index contributed by atoms with van der Waals surface area (Å²) in [6.07, 6.45) is 1.76. The second-order valence-corrected chi connectivity index (χ2v) is 5.88. The van der Waals surface area contributed by atoms with Crippen LogP contribution in [0.4, 0.5) is 11.4 Å². The first-order valence-corrected chi connectivity index (χ1v) is 6.40. The third-order valence-electron chi connectivity index (χ3n) is 3.29. The van der Waals surface area contributed by atoms with Gasteiger partial charge >= 0.3 is 0 Å². The van der Waals surface area contributed by atoms with Crippen LogP contribution >= 0.6 is 0 Å². The molecule has 0 saturated heterocycles. The predicted molar refractivity (Wildman–Crippen MR) is 73.2 cm³/mol. The number of nitro benzene ring substituents is 1. The Morgan fingerprint density at radius 3 is 2.63 bits per heavy atom. The van der Waals surface area contributed by atoms with E-state index in [1.54, 1.807) is 11.0 Å². The first kappa shape index (κ1) is 13.5. The molecule has 102 valence electrons. The maximum Gasteiger partial charge on any atom is 0.271 e. The average Bonchev–Trinajstić information content (AvgIpc) is 2.35. The van der Waals surface area contributed by atoms with Crippen molar-refractivity contribution in [2.45, 2.75) is 33.6 Å². The van der Waals surface area contributed by atoms with Gasteiger partial charge in [-0.25, -0.2) is 0 Å². The molecule has 0 bridgehead atoms. The highest BCUT2D eigenvalue weighted by Gasteiger charge is 2.31. The van der Waals surface area contributed by atoms with E-state index in [0.717, 1.165) is 18.4 Å². The summed E-state index contributed by atoms with van der Waals surface area (Å²) in [5.74, 6) is 0.00829. The minimum atomic E-state index is -0.487. The van der Waals surface area contributed by atoms with E-state index < -0.39 is 10.3 Å². The molecule has 0 unspecified atom stereocenters. The molecule has 5 heteroatoms. The number of nitro groups is 1. The molecule has 0 atom stereocenters. The zero-order valence-corrected chi connectivity index (χ0v) is 11.5. The predicted octanol–water partition coefficient (Wildman–Crippen LogP) is 2.92. The van der Waals surface area contributed by atoms with Crippen molar-refractivity contribution in [1.82, 2.24) is 0 Å². The number of fused-ring (bicyclic) bond motifs is 1. The topological polar surface area (TPSA) is 63.5 Å². The molecule has 0 saturated carbocycles. The molecule has 1 heterocycles. The zero-order valence-electron chi connectivity index (χ0n) is 11.5. The normalized spacial score (nSPS) is 15.0. The fourth-order valence-electron chi connectivity index (χ4n) is 2.29. The van der Waals surface area contributed by atoms with Gasteiger partial charge in [-0.05, 0) is 18.4 Å². The average molecular weight is 262 g/mol. The Hall–Kier alpha value is -1.91. The lowest BCUT2D eigenvalue weighted by atomic mass is 9.92. The first-order valence-electron chi connectivity index (χ1n) is 6.40. The van der Waals surface area contributed by atoms with Gasteiger partial charge in [0, 0.05) is 24.1 Å². The maximum absolute atomic E-state index is 12.4. The smallest absolute Gasteiger partial charge is 0.271 e. The zero-order chi connectivity index (χ0) is 14.2. The molecule has 0 radical (unpaired) electrons. The summed E-state index contributed by atoms with van der Waals surface area (Å²) >= 11 is 0. The number of carbonyl (C=O) groups is 1. The van der Waals surface area contributed by atoms with Gasteiger partial charge < -0.3 is 4.90 Å². The summed E-state index contributed by atoms with van der Waals surface area (Å²) in [7, 11) is 0. The Kier molecular flexibility index (Phi) is 3.30. The summed E-state index contributed by atoms with van der Waals surface area (Å²) in [4.78, 5) is 24.5. The number of hydrogen-bond donors (Lipinski definition) is 0. The highest BCUT2D eigenvalue weighted by atomic mass is 16.6. The van der Waals surface area contributed by atoms with Gasteiger partial charge in [0.25, 0.3) is 5.69 Å². The summed E-state index contributed by atoms with van der Waals surface area (Å²) in [6, 6.07) is 4.78. The summed E-state index contributed by atoms with van der Waals surface area (Å²) in [5.41, 5.74) is 1.25. The molecule has 0 N–H and O–H groups in total. The van der Waals surface area contributed by atoms with Gasteiger partial charge in [0.15, 0.2) is 0 Å². The molecule has 1 amide bonds. The maximum atomic E-state index is 12.4. The van der Waals surface area contributed by atoms with Gasteiger partial charge in [-0.2, -0.15) is 0 Å². The van der Waals surface area contributed by atoms with Crippen molar-refractivity contribution in [2.24, 2.45) is 5.41 Å². The van der Waals surface area contributed by atoms with E-state index in [9.17, 15) is 14.9 Å². The van der Waals surface area contributed by atoms with E-state index in [1.165, 1.54) is 12.1 Å². The highest BCUT2D eigenvalue weighted by Crippen LogP contribution is 2.33. The number of rotatable bonds is 1. The Balaban J connectivity index is 2.45. The lowest BCUT2D eigenvalue weighted by Crippen LogP contribution is -2.42. The van der Waals surface area contributed by atoms with Crippen LogP contribution in [0.3, 0.4) is 0 Å². The fourth-order valence-corrected chi connectivity index (χ4v) is 2.29. The molecule has 0 aromatic heterocycles. The highest BCUT2D eigenvalue weighted by molar-refractivity contribution is 5.98. The first-order chi connectivity index (χ1) is 8.80. The molecule has 0 aliphatic carbocycles. The molecule has 0 fully saturated rings. The SMILES string of the molecule is CC(C)(C)C(=O)N1CCCc2ccc([N+](=O)[O-])cc21. The molecule has 1 aliphatic rings. The largest absolute Gasteiger partial charge is 0.311 e. The minimum absolute atomic E-state index is 0.00829. The van der Waals surface area contributed by atoms with E-state index in [1.807, 2.05) is 20.8 Å². The van der Waals surface area contributed by atoms with Crippen LogP contribution in [0.5, 0.6) is 0 Å². The third kappa shape index (κ3) is 2.59. The number of non-ortho nitro benzene ring substituents is 1. The standard InChI is InChI=1S/C14H18N2O3/c1-14(2,3)13(17)15-8-4-5-10-6-7-11(16(18)19)9-12(10)15/h6-7,9H,4-5,8H2,1-3H3. The van der Waals surface area contributed by atoms with Crippen LogP contribution in [-0.4, -0.2) is 17.4 Å². The third-order valence-corrected chi connectivity index (χ3v) is 3.29. The van der Waals surface area contributed by atoms with E-state index >= 15 is 0 Å². The van der Waals surface area contributed by atoms with Crippen molar-refractivity contribution in [3.05, 3.63) is 33.9 Å². The number of aryl methyl sites for hydroxylation is 1. The van der Waals surface area contributed by atoms with Gasteiger partial charge in [0.05, 0.1) is 10.6 Å². The van der Waals surface area contributed by atoms with Crippen molar-refractivity contribution in [3.8, 4) is 0 Å². The second-order valence-electron chi connectivity index (χ2n) is 5.88. The van der Waals surface area contributed by atoms with Crippen LogP contribution < -0.4 is 4.90 Å². The van der Waals surface area contributed by atoms with Crippen molar-refractivity contribution in [2.75, 3.05) is 11.4 Å². The number of anilines is 1. The number of amides is 1. The number of hydrogen-bond acceptors (Lipinski definition) is 3. The van der Waals surface area contributed by atoms with E-state index in [2.05, 4.69) is 0 Å². The van der Waals surface area contributed by atoms with Crippen molar-refractivity contribution >= 4 is 17.3 Å². The van der Waals surface area contributed by atoms with Crippen LogP contribution in [0.2, 0.25) is 0 Å². The summed E-state index contributed by atoms with van der Waals surface area (Å²) in [5, 5.41) is 10.9. The molecule has 5 nitrogen and oxygen atoms in total. The Morgan fingerprint density at radius 2 is 2.05 bits per heavy atom. The van der Waals surface area contributed by atoms with Crippen LogP contribution in [0, 0.1) is 15.5 Å². The molecule has 1 aromatic carbocycles. The Bertz CT molecular complexity index is 532. The molecule has 19 heavy (non-hydrogen) atoms. The van der Waals surface area contributed by atoms with Crippen molar-refractivity contribution in [1.29, 1.82) is 0 Å². The molecular weight excluding hydrogens is 244 g/mol. The van der Waals surface area contributed by atoms with Crippen LogP contribution in [-0.2, 0) is 11.2 Å². The van der Waals surface area contributed by atoms with Gasteiger partial charge in [-0.3, -0.25) is 14.9 Å². The fraction of sp³-hybridized carbons (Fsp3) is 0.500.